The van der Waals surface area contributed by atoms with Crippen LogP contribution in [0.25, 0.3) is 0 Å². The van der Waals surface area contributed by atoms with E-state index in [1.807, 2.05) is 12.1 Å². The van der Waals surface area contributed by atoms with Crippen LogP contribution in [0.1, 0.15) is 30.1 Å². The number of aromatic nitrogens is 1. The Morgan fingerprint density at radius 2 is 2.20 bits per heavy atom. The van der Waals surface area contributed by atoms with Crippen molar-refractivity contribution in [3.8, 4) is 0 Å². The quantitative estimate of drug-likeness (QED) is 0.570. The van der Waals surface area contributed by atoms with Crippen molar-refractivity contribution in [2.75, 3.05) is 0 Å². The lowest BCUT2D eigenvalue weighted by Gasteiger charge is -1.96. The maximum absolute atomic E-state index is 4.32. The molecule has 2 rings (SSSR count). The average molecular weight is 132 g/mol. The van der Waals surface area contributed by atoms with Gasteiger partial charge in [-0.2, -0.15) is 0 Å². The largest absolute Gasteiger partial charge is 0.258 e. The highest BCUT2D eigenvalue weighted by atomic mass is 14.7. The van der Waals surface area contributed by atoms with Gasteiger partial charge in [0, 0.05) is 17.3 Å². The fourth-order valence-corrected chi connectivity index (χ4v) is 1.10. The summed E-state index contributed by atoms with van der Waals surface area (Å²) in [5.41, 5.74) is 2.12. The SMILES string of the molecule is [CH2]c1cccc(C2CC2)n1. The third kappa shape index (κ3) is 1.04. The van der Waals surface area contributed by atoms with E-state index in [0.29, 0.717) is 0 Å². The van der Waals surface area contributed by atoms with Crippen LogP contribution >= 0.6 is 0 Å². The predicted molar refractivity (Wildman–Crippen MR) is 40.7 cm³/mol. The van der Waals surface area contributed by atoms with Gasteiger partial charge < -0.3 is 0 Å². The van der Waals surface area contributed by atoms with Crippen LogP contribution in [0.5, 0.6) is 0 Å². The van der Waals surface area contributed by atoms with E-state index in [2.05, 4.69) is 18.0 Å². The lowest BCUT2D eigenvalue weighted by molar-refractivity contribution is 1.01. The molecule has 0 bridgehead atoms. The molecule has 0 saturated heterocycles. The standard InChI is InChI=1S/C9H10N/c1-7-3-2-4-9(10-7)8-5-6-8/h2-4,8H,1,5-6H2. The fourth-order valence-electron chi connectivity index (χ4n) is 1.10. The van der Waals surface area contributed by atoms with Crippen LogP contribution < -0.4 is 0 Å². The molecule has 1 fully saturated rings. The van der Waals surface area contributed by atoms with E-state index in [1.165, 1.54) is 18.5 Å². The van der Waals surface area contributed by atoms with Gasteiger partial charge >= 0.3 is 0 Å². The second kappa shape index (κ2) is 2.08. The zero-order chi connectivity index (χ0) is 6.97. The van der Waals surface area contributed by atoms with Gasteiger partial charge in [-0.1, -0.05) is 6.07 Å². The van der Waals surface area contributed by atoms with Gasteiger partial charge in [-0.05, 0) is 31.9 Å². The lowest BCUT2D eigenvalue weighted by Crippen LogP contribution is -1.86. The number of rotatable bonds is 1. The first-order valence-corrected chi connectivity index (χ1v) is 3.65. The van der Waals surface area contributed by atoms with Gasteiger partial charge in [0.2, 0.25) is 0 Å². The topological polar surface area (TPSA) is 12.9 Å². The monoisotopic (exact) mass is 132 g/mol. The maximum atomic E-state index is 4.32. The predicted octanol–water partition coefficient (Wildman–Crippen LogP) is 2.14. The van der Waals surface area contributed by atoms with Crippen molar-refractivity contribution in [2.45, 2.75) is 18.8 Å². The maximum Gasteiger partial charge on any atom is 0.0437 e. The summed E-state index contributed by atoms with van der Waals surface area (Å²) in [6.07, 6.45) is 2.63. The summed E-state index contributed by atoms with van der Waals surface area (Å²) in [7, 11) is 0. The summed E-state index contributed by atoms with van der Waals surface area (Å²) in [5, 5.41) is 0. The zero-order valence-corrected chi connectivity index (χ0v) is 5.88. The zero-order valence-electron chi connectivity index (χ0n) is 5.88. The summed E-state index contributed by atoms with van der Waals surface area (Å²) in [6.45, 7) is 3.78. The van der Waals surface area contributed by atoms with Crippen molar-refractivity contribution in [1.29, 1.82) is 0 Å². The molecule has 0 aliphatic heterocycles. The molecule has 10 heavy (non-hydrogen) atoms. The highest BCUT2D eigenvalue weighted by molar-refractivity contribution is 5.19. The van der Waals surface area contributed by atoms with Crippen molar-refractivity contribution >= 4 is 0 Å². The molecule has 1 radical (unpaired) electrons. The minimum atomic E-state index is 0.752. The van der Waals surface area contributed by atoms with Gasteiger partial charge in [0.05, 0.1) is 0 Å². The molecule has 1 aromatic rings. The van der Waals surface area contributed by atoms with E-state index in [9.17, 15) is 0 Å². The minimum Gasteiger partial charge on any atom is -0.258 e. The third-order valence-electron chi connectivity index (χ3n) is 1.82. The van der Waals surface area contributed by atoms with Gasteiger partial charge in [-0.25, -0.2) is 0 Å². The molecule has 1 saturated carbocycles. The van der Waals surface area contributed by atoms with E-state index >= 15 is 0 Å². The average Bonchev–Trinajstić information content (AvgIpc) is 2.68. The van der Waals surface area contributed by atoms with Gasteiger partial charge in [-0.15, -0.1) is 0 Å². The molecule has 0 spiro atoms. The summed E-state index contributed by atoms with van der Waals surface area (Å²) in [4.78, 5) is 4.32. The highest BCUT2D eigenvalue weighted by Crippen LogP contribution is 2.38. The van der Waals surface area contributed by atoms with Gasteiger partial charge in [-0.3, -0.25) is 4.98 Å². The van der Waals surface area contributed by atoms with Gasteiger partial charge in [0.1, 0.15) is 0 Å². The van der Waals surface area contributed by atoms with Crippen LogP contribution in [0.4, 0.5) is 0 Å². The van der Waals surface area contributed by atoms with E-state index < -0.39 is 0 Å². The Morgan fingerprint density at radius 3 is 2.80 bits per heavy atom. The summed E-state index contributed by atoms with van der Waals surface area (Å²) >= 11 is 0. The number of nitrogens with zero attached hydrogens (tertiary/aromatic N) is 1. The lowest BCUT2D eigenvalue weighted by atomic mass is 10.2. The normalized spacial score (nSPS) is 17.3. The van der Waals surface area contributed by atoms with Crippen LogP contribution in [-0.2, 0) is 0 Å². The van der Waals surface area contributed by atoms with E-state index in [0.717, 1.165) is 11.6 Å². The van der Waals surface area contributed by atoms with Crippen LogP contribution in [0.2, 0.25) is 0 Å². The Labute approximate surface area is 61.1 Å². The Hall–Kier alpha value is -0.850. The molecule has 51 valence electrons. The van der Waals surface area contributed by atoms with Crippen molar-refractivity contribution in [3.05, 3.63) is 36.5 Å². The Bertz CT molecular complexity index is 238. The number of hydrogen-bond acceptors (Lipinski definition) is 1. The molecule has 1 aliphatic rings. The van der Waals surface area contributed by atoms with Crippen LogP contribution in [0.3, 0.4) is 0 Å². The number of pyridine rings is 1. The Morgan fingerprint density at radius 1 is 1.40 bits per heavy atom. The van der Waals surface area contributed by atoms with Crippen molar-refractivity contribution in [3.63, 3.8) is 0 Å². The van der Waals surface area contributed by atoms with Gasteiger partial charge in [0.25, 0.3) is 0 Å². The first-order valence-electron chi connectivity index (χ1n) is 3.65. The van der Waals surface area contributed by atoms with Crippen molar-refractivity contribution in [2.24, 2.45) is 0 Å². The molecule has 0 aromatic carbocycles. The molecule has 0 N–H and O–H groups in total. The van der Waals surface area contributed by atoms with E-state index in [4.69, 9.17) is 0 Å². The first kappa shape index (κ1) is 5.90. The third-order valence-corrected chi connectivity index (χ3v) is 1.82. The second-order valence-corrected chi connectivity index (χ2v) is 2.83. The van der Waals surface area contributed by atoms with E-state index in [1.54, 1.807) is 0 Å². The smallest absolute Gasteiger partial charge is 0.0437 e. The first-order chi connectivity index (χ1) is 4.86. The van der Waals surface area contributed by atoms with E-state index in [-0.39, 0.29) is 0 Å². The summed E-state index contributed by atoms with van der Waals surface area (Å²) in [6, 6.07) is 6.06. The molecule has 1 aliphatic carbocycles. The van der Waals surface area contributed by atoms with Crippen molar-refractivity contribution < 1.29 is 0 Å². The Kier molecular flexibility index (Phi) is 1.23. The number of hydrogen-bond donors (Lipinski definition) is 0. The molecule has 1 heterocycles. The molecular formula is C9H10N. The summed E-state index contributed by atoms with van der Waals surface area (Å²) < 4.78 is 0. The molecule has 1 nitrogen and oxygen atoms in total. The Balaban J connectivity index is 2.32. The highest BCUT2D eigenvalue weighted by Gasteiger charge is 2.24. The molecule has 1 aromatic heterocycles. The van der Waals surface area contributed by atoms with Crippen molar-refractivity contribution in [1.82, 2.24) is 4.98 Å². The van der Waals surface area contributed by atoms with Crippen LogP contribution in [0.15, 0.2) is 18.2 Å². The molecule has 0 unspecified atom stereocenters. The van der Waals surface area contributed by atoms with Crippen LogP contribution in [-0.4, -0.2) is 4.98 Å². The minimum absolute atomic E-state index is 0.752. The fraction of sp³-hybridized carbons (Fsp3) is 0.333. The molecular weight excluding hydrogens is 122 g/mol. The van der Waals surface area contributed by atoms with Crippen LogP contribution in [0, 0.1) is 6.92 Å². The summed E-state index contributed by atoms with van der Waals surface area (Å²) in [5.74, 6) is 0.752. The molecule has 0 amide bonds. The molecule has 1 heteroatoms. The van der Waals surface area contributed by atoms with Gasteiger partial charge in [0.15, 0.2) is 0 Å². The second-order valence-electron chi connectivity index (χ2n) is 2.83. The molecule has 0 atom stereocenters.